The highest BCUT2D eigenvalue weighted by molar-refractivity contribution is 5.81. The number of anilines is 1. The molecule has 8 heteroatoms. The fraction of sp³-hybridized carbons (Fsp3) is 0.696. The highest BCUT2D eigenvalue weighted by Crippen LogP contribution is 2.46. The average molecular weight is 430 g/mol. The number of nitriles is 1. The van der Waals surface area contributed by atoms with Gasteiger partial charge in [0, 0.05) is 43.5 Å². The summed E-state index contributed by atoms with van der Waals surface area (Å²) in [6, 6.07) is 1.15. The molecule has 4 aliphatic rings. The van der Waals surface area contributed by atoms with Gasteiger partial charge in [-0.3, -0.25) is 4.79 Å². The molecular formula is C23H28F2N4O2. The fourth-order valence-electron chi connectivity index (χ4n) is 4.88. The van der Waals surface area contributed by atoms with Gasteiger partial charge in [0.15, 0.2) is 0 Å². The standard InChI is InChI=1S/C23H28F2N4O2/c1-23(2)9-15-16(10-26)21(27-19(13-3-4-13)17(15)12-31-23)28-7-8-29(18(11-28)20(24)25)22(30)14-5-6-14/h13-14,18,20H,3-9,11-12H2,1-2H3. The van der Waals surface area contributed by atoms with Crippen molar-refractivity contribution in [1.82, 2.24) is 9.88 Å². The van der Waals surface area contributed by atoms with Crippen molar-refractivity contribution in [3.8, 4) is 6.07 Å². The van der Waals surface area contributed by atoms with Crippen LogP contribution in [0.1, 0.15) is 67.8 Å². The zero-order valence-corrected chi connectivity index (χ0v) is 18.0. The van der Waals surface area contributed by atoms with Gasteiger partial charge in [-0.25, -0.2) is 13.8 Å². The summed E-state index contributed by atoms with van der Waals surface area (Å²) in [5.74, 6) is 0.619. The SMILES string of the molecule is CC1(C)Cc2c(C#N)c(N3CCN(C(=O)C4CC4)C(C(F)F)C3)nc(C3CC3)c2CO1. The maximum Gasteiger partial charge on any atom is 0.260 e. The molecule has 1 saturated heterocycles. The largest absolute Gasteiger partial charge is 0.370 e. The predicted molar refractivity (Wildman–Crippen MR) is 110 cm³/mol. The van der Waals surface area contributed by atoms with Crippen molar-refractivity contribution in [2.45, 2.75) is 76.5 Å². The third-order valence-electron chi connectivity index (χ3n) is 6.93. The minimum Gasteiger partial charge on any atom is -0.370 e. The Kier molecular flexibility index (Phi) is 4.93. The van der Waals surface area contributed by atoms with Crippen LogP contribution in [0.15, 0.2) is 0 Å². The first-order chi connectivity index (χ1) is 14.8. The molecule has 0 radical (unpaired) electrons. The first kappa shape index (κ1) is 20.6. The lowest BCUT2D eigenvalue weighted by molar-refractivity contribution is -0.139. The van der Waals surface area contributed by atoms with E-state index in [4.69, 9.17) is 9.72 Å². The monoisotopic (exact) mass is 430 g/mol. The van der Waals surface area contributed by atoms with Gasteiger partial charge < -0.3 is 14.5 Å². The van der Waals surface area contributed by atoms with E-state index in [9.17, 15) is 18.8 Å². The zero-order chi connectivity index (χ0) is 21.9. The van der Waals surface area contributed by atoms with Crippen molar-refractivity contribution in [3.05, 3.63) is 22.4 Å². The second-order valence-electron chi connectivity index (χ2n) is 9.92. The minimum absolute atomic E-state index is 0.000588. The van der Waals surface area contributed by atoms with E-state index in [2.05, 4.69) is 6.07 Å². The van der Waals surface area contributed by atoms with Crippen LogP contribution < -0.4 is 4.90 Å². The third kappa shape index (κ3) is 3.78. The van der Waals surface area contributed by atoms with Gasteiger partial charge in [0.1, 0.15) is 17.9 Å². The summed E-state index contributed by atoms with van der Waals surface area (Å²) in [4.78, 5) is 20.6. The van der Waals surface area contributed by atoms with Crippen molar-refractivity contribution in [1.29, 1.82) is 5.26 Å². The summed E-state index contributed by atoms with van der Waals surface area (Å²) in [6.07, 6.45) is 1.66. The Morgan fingerprint density at radius 2 is 1.97 bits per heavy atom. The lowest BCUT2D eigenvalue weighted by atomic mass is 9.87. The lowest BCUT2D eigenvalue weighted by Crippen LogP contribution is -2.58. The lowest BCUT2D eigenvalue weighted by Gasteiger charge is -2.42. The molecule has 6 nitrogen and oxygen atoms in total. The van der Waals surface area contributed by atoms with E-state index in [-0.39, 0.29) is 30.5 Å². The molecule has 1 aromatic heterocycles. The molecule has 2 aliphatic heterocycles. The number of fused-ring (bicyclic) bond motifs is 1. The van der Waals surface area contributed by atoms with E-state index in [1.54, 1.807) is 4.90 Å². The quantitative estimate of drug-likeness (QED) is 0.733. The van der Waals surface area contributed by atoms with Crippen LogP contribution in [0.4, 0.5) is 14.6 Å². The number of halogens is 2. The number of hydrogen-bond acceptors (Lipinski definition) is 5. The number of alkyl halides is 2. The number of piperazine rings is 1. The van der Waals surface area contributed by atoms with Crippen LogP contribution >= 0.6 is 0 Å². The average Bonchev–Trinajstić information content (AvgIpc) is 3.63. The molecule has 1 unspecified atom stereocenters. The van der Waals surface area contributed by atoms with Crippen LogP contribution in [0, 0.1) is 17.2 Å². The summed E-state index contributed by atoms with van der Waals surface area (Å²) < 4.78 is 33.9. The number of rotatable bonds is 4. The minimum atomic E-state index is -2.64. The summed E-state index contributed by atoms with van der Waals surface area (Å²) in [5.41, 5.74) is 3.01. The molecule has 5 rings (SSSR count). The molecule has 0 N–H and O–H groups in total. The number of pyridine rings is 1. The summed E-state index contributed by atoms with van der Waals surface area (Å²) in [5, 5.41) is 10.0. The van der Waals surface area contributed by atoms with Gasteiger partial charge in [0.25, 0.3) is 6.43 Å². The second-order valence-corrected chi connectivity index (χ2v) is 9.92. The van der Waals surface area contributed by atoms with Crippen LogP contribution in [0.25, 0.3) is 0 Å². The van der Waals surface area contributed by atoms with E-state index in [0.717, 1.165) is 42.5 Å². The normalized spacial score (nSPS) is 25.4. The number of amides is 1. The Balaban J connectivity index is 1.52. The number of aromatic nitrogens is 1. The Labute approximate surface area is 181 Å². The Morgan fingerprint density at radius 1 is 1.23 bits per heavy atom. The number of hydrogen-bond donors (Lipinski definition) is 0. The Morgan fingerprint density at radius 3 is 2.58 bits per heavy atom. The van der Waals surface area contributed by atoms with E-state index in [1.807, 2.05) is 13.8 Å². The molecular weight excluding hydrogens is 402 g/mol. The van der Waals surface area contributed by atoms with Crippen LogP contribution in [0.3, 0.4) is 0 Å². The molecule has 1 amide bonds. The number of nitrogens with zero attached hydrogens (tertiary/aromatic N) is 4. The first-order valence-corrected chi connectivity index (χ1v) is 11.2. The van der Waals surface area contributed by atoms with Gasteiger partial charge >= 0.3 is 0 Å². The smallest absolute Gasteiger partial charge is 0.260 e. The van der Waals surface area contributed by atoms with Gasteiger partial charge in [-0.05, 0) is 45.1 Å². The molecule has 2 saturated carbocycles. The molecule has 2 aliphatic carbocycles. The molecule has 0 aromatic carbocycles. The van der Waals surface area contributed by atoms with E-state index < -0.39 is 12.5 Å². The number of ether oxygens (including phenoxy) is 1. The summed E-state index contributed by atoms with van der Waals surface area (Å²) >= 11 is 0. The summed E-state index contributed by atoms with van der Waals surface area (Å²) in [7, 11) is 0. The van der Waals surface area contributed by atoms with E-state index in [0.29, 0.717) is 36.9 Å². The zero-order valence-electron chi connectivity index (χ0n) is 18.0. The molecule has 3 heterocycles. The number of carbonyl (C=O) groups is 1. The van der Waals surface area contributed by atoms with Gasteiger partial charge in [-0.1, -0.05) is 0 Å². The number of carbonyl (C=O) groups excluding carboxylic acids is 1. The fourth-order valence-corrected chi connectivity index (χ4v) is 4.88. The van der Waals surface area contributed by atoms with Gasteiger partial charge in [-0.2, -0.15) is 5.26 Å². The van der Waals surface area contributed by atoms with Crippen LogP contribution in [0.5, 0.6) is 0 Å². The Hall–Kier alpha value is -2.27. The highest BCUT2D eigenvalue weighted by atomic mass is 19.3. The van der Waals surface area contributed by atoms with Gasteiger partial charge in [0.2, 0.25) is 5.91 Å². The van der Waals surface area contributed by atoms with Crippen LogP contribution in [-0.4, -0.2) is 53.5 Å². The van der Waals surface area contributed by atoms with Gasteiger partial charge in [-0.15, -0.1) is 0 Å². The first-order valence-electron chi connectivity index (χ1n) is 11.2. The van der Waals surface area contributed by atoms with Crippen molar-refractivity contribution in [3.63, 3.8) is 0 Å². The maximum absolute atomic E-state index is 14.0. The molecule has 166 valence electrons. The van der Waals surface area contributed by atoms with Crippen molar-refractivity contribution < 1.29 is 18.3 Å². The van der Waals surface area contributed by atoms with E-state index in [1.165, 1.54) is 4.90 Å². The Bertz CT molecular complexity index is 950. The highest BCUT2D eigenvalue weighted by Gasteiger charge is 2.43. The summed E-state index contributed by atoms with van der Waals surface area (Å²) in [6.45, 7) is 5.08. The van der Waals surface area contributed by atoms with Gasteiger partial charge in [0.05, 0.1) is 23.5 Å². The molecule has 1 aromatic rings. The third-order valence-corrected chi connectivity index (χ3v) is 6.93. The van der Waals surface area contributed by atoms with Crippen LogP contribution in [0.2, 0.25) is 0 Å². The van der Waals surface area contributed by atoms with Crippen LogP contribution in [-0.2, 0) is 22.6 Å². The van der Waals surface area contributed by atoms with Crippen molar-refractivity contribution >= 4 is 11.7 Å². The van der Waals surface area contributed by atoms with E-state index >= 15 is 0 Å². The van der Waals surface area contributed by atoms with Crippen molar-refractivity contribution in [2.75, 3.05) is 24.5 Å². The second kappa shape index (κ2) is 7.40. The molecule has 3 fully saturated rings. The molecule has 0 bridgehead atoms. The van der Waals surface area contributed by atoms with Crippen molar-refractivity contribution in [2.24, 2.45) is 5.92 Å². The maximum atomic E-state index is 14.0. The molecule has 1 atom stereocenters. The molecule has 0 spiro atoms. The topological polar surface area (TPSA) is 69.5 Å². The predicted octanol–water partition coefficient (Wildman–Crippen LogP) is 3.37. The molecule has 31 heavy (non-hydrogen) atoms.